The number of nitriles is 1. The van der Waals surface area contributed by atoms with Crippen LogP contribution in [-0.4, -0.2) is 20.1 Å². The Morgan fingerprint density at radius 1 is 1.50 bits per heavy atom. The average Bonchev–Trinajstić information content (AvgIpc) is 2.88. The quantitative estimate of drug-likeness (QED) is 0.615. The fraction of sp³-hybridized carbons (Fsp3) is 0.100. The van der Waals surface area contributed by atoms with Crippen molar-refractivity contribution < 1.29 is 4.92 Å². The number of nitrogens with one attached hydrogen (secondary N) is 2. The molecule has 0 atom stereocenters. The van der Waals surface area contributed by atoms with Gasteiger partial charge in [0, 0.05) is 12.3 Å². The predicted molar refractivity (Wildman–Crippen MR) is 61.5 cm³/mol. The fourth-order valence-electron chi connectivity index (χ4n) is 1.35. The first-order valence-electron chi connectivity index (χ1n) is 4.98. The molecule has 0 spiro atoms. The molecule has 0 bridgehead atoms. The second-order valence-corrected chi connectivity index (χ2v) is 3.37. The molecule has 0 fully saturated rings. The highest BCUT2D eigenvalue weighted by molar-refractivity contribution is 5.50. The minimum Gasteiger partial charge on any atom is -0.364 e. The summed E-state index contributed by atoms with van der Waals surface area (Å²) in [6.45, 7) is 0.440. The Bertz CT molecular complexity index is 601. The van der Waals surface area contributed by atoms with Crippen molar-refractivity contribution in [3.63, 3.8) is 0 Å². The summed E-state index contributed by atoms with van der Waals surface area (Å²) < 4.78 is 0. The van der Waals surface area contributed by atoms with Gasteiger partial charge in [0.15, 0.2) is 0 Å². The lowest BCUT2D eigenvalue weighted by atomic mass is 10.3. The SMILES string of the molecule is N#Cc1nc(NCc2ccn[nH]2)ccc1[N+](=O)[O-]. The van der Waals surface area contributed by atoms with Gasteiger partial charge in [0.2, 0.25) is 5.69 Å². The molecule has 8 nitrogen and oxygen atoms in total. The number of nitro groups is 1. The van der Waals surface area contributed by atoms with E-state index in [1.165, 1.54) is 12.1 Å². The molecule has 0 saturated heterocycles. The molecule has 2 aromatic rings. The number of hydrogen-bond acceptors (Lipinski definition) is 6. The molecule has 2 aromatic heterocycles. The van der Waals surface area contributed by atoms with Crippen molar-refractivity contribution in [2.24, 2.45) is 0 Å². The van der Waals surface area contributed by atoms with Crippen molar-refractivity contribution in [1.82, 2.24) is 15.2 Å². The van der Waals surface area contributed by atoms with Crippen LogP contribution in [0.2, 0.25) is 0 Å². The highest BCUT2D eigenvalue weighted by Gasteiger charge is 2.15. The van der Waals surface area contributed by atoms with Crippen LogP contribution in [0.15, 0.2) is 24.4 Å². The number of rotatable bonds is 4. The van der Waals surface area contributed by atoms with Gasteiger partial charge in [0.25, 0.3) is 0 Å². The van der Waals surface area contributed by atoms with E-state index in [4.69, 9.17) is 5.26 Å². The molecule has 2 heterocycles. The zero-order chi connectivity index (χ0) is 13.0. The van der Waals surface area contributed by atoms with Crippen LogP contribution >= 0.6 is 0 Å². The highest BCUT2D eigenvalue weighted by Crippen LogP contribution is 2.18. The fourth-order valence-corrected chi connectivity index (χ4v) is 1.35. The van der Waals surface area contributed by atoms with Gasteiger partial charge in [-0.05, 0) is 12.1 Å². The zero-order valence-corrected chi connectivity index (χ0v) is 9.12. The number of H-pyrrole nitrogens is 1. The zero-order valence-electron chi connectivity index (χ0n) is 9.12. The van der Waals surface area contributed by atoms with Gasteiger partial charge in [0.1, 0.15) is 11.9 Å². The van der Waals surface area contributed by atoms with E-state index in [0.717, 1.165) is 5.69 Å². The van der Waals surface area contributed by atoms with E-state index in [2.05, 4.69) is 20.5 Å². The van der Waals surface area contributed by atoms with E-state index in [1.54, 1.807) is 18.3 Å². The summed E-state index contributed by atoms with van der Waals surface area (Å²) in [7, 11) is 0. The van der Waals surface area contributed by atoms with Gasteiger partial charge in [-0.1, -0.05) is 0 Å². The molecular formula is C10H8N6O2. The molecule has 2 N–H and O–H groups in total. The lowest BCUT2D eigenvalue weighted by molar-refractivity contribution is -0.385. The molecule has 0 amide bonds. The summed E-state index contributed by atoms with van der Waals surface area (Å²) in [6, 6.07) is 6.18. The minimum atomic E-state index is -0.635. The third kappa shape index (κ3) is 2.41. The maximum absolute atomic E-state index is 10.6. The van der Waals surface area contributed by atoms with Crippen molar-refractivity contribution >= 4 is 11.5 Å². The first-order chi connectivity index (χ1) is 8.70. The van der Waals surface area contributed by atoms with Crippen LogP contribution in [0.3, 0.4) is 0 Å². The largest absolute Gasteiger partial charge is 0.364 e. The standard InChI is InChI=1S/C10H8N6O2/c11-5-8-9(16(17)18)1-2-10(14-8)12-6-7-3-4-13-15-7/h1-4H,6H2,(H,12,14)(H,13,15). The molecule has 18 heavy (non-hydrogen) atoms. The van der Waals surface area contributed by atoms with Gasteiger partial charge in [-0.2, -0.15) is 10.4 Å². The summed E-state index contributed by atoms with van der Waals surface area (Å²) in [5.41, 5.74) is 0.327. The number of aromatic amines is 1. The van der Waals surface area contributed by atoms with Crippen molar-refractivity contribution in [2.75, 3.05) is 5.32 Å². The first kappa shape index (κ1) is 11.5. The Labute approximate surface area is 101 Å². The lowest BCUT2D eigenvalue weighted by Crippen LogP contribution is -2.04. The Morgan fingerprint density at radius 2 is 2.33 bits per heavy atom. The second-order valence-electron chi connectivity index (χ2n) is 3.37. The van der Waals surface area contributed by atoms with Gasteiger partial charge in [-0.25, -0.2) is 4.98 Å². The summed E-state index contributed by atoms with van der Waals surface area (Å²) in [4.78, 5) is 13.8. The van der Waals surface area contributed by atoms with Crippen LogP contribution in [0, 0.1) is 21.4 Å². The third-order valence-electron chi connectivity index (χ3n) is 2.19. The average molecular weight is 244 g/mol. The topological polar surface area (TPSA) is 121 Å². The molecule has 90 valence electrons. The molecule has 0 aliphatic rings. The highest BCUT2D eigenvalue weighted by atomic mass is 16.6. The maximum Gasteiger partial charge on any atom is 0.305 e. The van der Waals surface area contributed by atoms with E-state index >= 15 is 0 Å². The Balaban J connectivity index is 2.15. The lowest BCUT2D eigenvalue weighted by Gasteiger charge is -2.03. The molecule has 0 aromatic carbocycles. The summed E-state index contributed by atoms with van der Waals surface area (Å²) in [5.74, 6) is 0.395. The van der Waals surface area contributed by atoms with Gasteiger partial charge in [-0.15, -0.1) is 0 Å². The van der Waals surface area contributed by atoms with E-state index in [1.807, 2.05) is 0 Å². The van der Waals surface area contributed by atoms with Crippen LogP contribution in [0.4, 0.5) is 11.5 Å². The van der Waals surface area contributed by atoms with Crippen molar-refractivity contribution in [2.45, 2.75) is 6.54 Å². The van der Waals surface area contributed by atoms with E-state index in [0.29, 0.717) is 12.4 Å². The van der Waals surface area contributed by atoms with E-state index < -0.39 is 4.92 Å². The van der Waals surface area contributed by atoms with Crippen molar-refractivity contribution in [3.05, 3.63) is 45.9 Å². The Morgan fingerprint density at radius 3 is 2.94 bits per heavy atom. The van der Waals surface area contributed by atoms with Crippen LogP contribution in [-0.2, 0) is 6.54 Å². The molecule has 8 heteroatoms. The van der Waals surface area contributed by atoms with Crippen molar-refractivity contribution in [1.29, 1.82) is 5.26 Å². The van der Waals surface area contributed by atoms with Crippen LogP contribution < -0.4 is 5.32 Å². The molecule has 0 saturated carbocycles. The summed E-state index contributed by atoms with van der Waals surface area (Å²) >= 11 is 0. The molecular weight excluding hydrogens is 236 g/mol. The second kappa shape index (κ2) is 4.92. The summed E-state index contributed by atoms with van der Waals surface area (Å²) in [5, 5.41) is 28.9. The van der Waals surface area contributed by atoms with Gasteiger partial charge >= 0.3 is 5.69 Å². The Hall–Kier alpha value is -2.95. The number of nitrogens with zero attached hydrogens (tertiary/aromatic N) is 4. The monoisotopic (exact) mass is 244 g/mol. The predicted octanol–water partition coefficient (Wildman–Crippen LogP) is 1.20. The van der Waals surface area contributed by atoms with E-state index in [-0.39, 0.29) is 11.4 Å². The maximum atomic E-state index is 10.6. The van der Waals surface area contributed by atoms with E-state index in [9.17, 15) is 10.1 Å². The minimum absolute atomic E-state index is 0.213. The molecule has 0 unspecified atom stereocenters. The Kier molecular flexibility index (Phi) is 3.15. The summed E-state index contributed by atoms with van der Waals surface area (Å²) in [6.07, 6.45) is 1.61. The number of aromatic nitrogens is 3. The van der Waals surface area contributed by atoms with Crippen LogP contribution in [0.25, 0.3) is 0 Å². The van der Waals surface area contributed by atoms with Gasteiger partial charge < -0.3 is 5.32 Å². The smallest absolute Gasteiger partial charge is 0.305 e. The molecule has 2 rings (SSSR count). The van der Waals surface area contributed by atoms with Crippen LogP contribution in [0.5, 0.6) is 0 Å². The molecule has 0 aliphatic carbocycles. The first-order valence-corrected chi connectivity index (χ1v) is 4.98. The molecule has 0 aliphatic heterocycles. The number of pyridine rings is 1. The van der Waals surface area contributed by atoms with Gasteiger partial charge in [-0.3, -0.25) is 15.2 Å². The normalized spacial score (nSPS) is 9.72. The number of anilines is 1. The number of hydrogen-bond donors (Lipinski definition) is 2. The molecule has 0 radical (unpaired) electrons. The van der Waals surface area contributed by atoms with Crippen molar-refractivity contribution in [3.8, 4) is 6.07 Å². The van der Waals surface area contributed by atoms with Crippen LogP contribution in [0.1, 0.15) is 11.4 Å². The third-order valence-corrected chi connectivity index (χ3v) is 2.19. The van der Waals surface area contributed by atoms with Gasteiger partial charge in [0.05, 0.1) is 17.2 Å².